The highest BCUT2D eigenvalue weighted by atomic mass is 16.5. The van der Waals surface area contributed by atoms with E-state index < -0.39 is 11.7 Å². The molecule has 3 aromatic carbocycles. The predicted octanol–water partition coefficient (Wildman–Crippen LogP) is 2.87. The van der Waals surface area contributed by atoms with Crippen molar-refractivity contribution in [1.82, 2.24) is 0 Å². The molecule has 114 valence electrons. The molecule has 0 spiro atoms. The fourth-order valence-electron chi connectivity index (χ4n) is 3.27. The molecule has 1 N–H and O–H groups in total. The van der Waals surface area contributed by atoms with Gasteiger partial charge in [0.1, 0.15) is 0 Å². The monoisotopic (exact) mass is 307 g/mol. The summed E-state index contributed by atoms with van der Waals surface area (Å²) in [5.74, 6) is -1.09. The van der Waals surface area contributed by atoms with E-state index in [1.165, 1.54) is 18.1 Å². The summed E-state index contributed by atoms with van der Waals surface area (Å²) >= 11 is 0. The Bertz CT molecular complexity index is 1020. The smallest absolute Gasteiger partial charge is 0.299 e. The third kappa shape index (κ3) is 1.61. The molecule has 0 bridgehead atoms. The number of likely N-dealkylation sites (N-methyl/N-ethyl adjacent to an activating group) is 1. The Hall–Kier alpha value is -3.08. The summed E-state index contributed by atoms with van der Waals surface area (Å²) in [6, 6.07) is 10.8. The number of ether oxygens (including phenoxy) is 1. The maximum Gasteiger partial charge on any atom is 0.299 e. The van der Waals surface area contributed by atoms with Gasteiger partial charge in [-0.2, -0.15) is 0 Å². The Labute approximate surface area is 131 Å². The lowest BCUT2D eigenvalue weighted by Crippen LogP contribution is -2.36. The highest BCUT2D eigenvalue weighted by Gasteiger charge is 2.33. The average molecular weight is 307 g/mol. The molecule has 0 fully saturated rings. The molecule has 5 heteroatoms. The largest absolute Gasteiger partial charge is 0.504 e. The Kier molecular flexibility index (Phi) is 2.63. The summed E-state index contributed by atoms with van der Waals surface area (Å²) in [7, 11) is 3.05. The molecule has 1 aliphatic heterocycles. The van der Waals surface area contributed by atoms with Gasteiger partial charge < -0.3 is 14.7 Å². The first-order valence-corrected chi connectivity index (χ1v) is 7.12. The number of nitrogens with zero attached hydrogens (tertiary/aromatic N) is 1. The van der Waals surface area contributed by atoms with Crippen molar-refractivity contribution >= 4 is 38.9 Å². The first-order chi connectivity index (χ1) is 11.0. The number of aromatic hydroxyl groups is 1. The summed E-state index contributed by atoms with van der Waals surface area (Å²) in [5.41, 5.74) is 0.846. The molecule has 1 heterocycles. The molecule has 0 atom stereocenters. The van der Waals surface area contributed by atoms with Gasteiger partial charge in [0.2, 0.25) is 0 Å². The number of phenolic OH excluding ortho intramolecular Hbond substituents is 1. The lowest BCUT2D eigenvalue weighted by molar-refractivity contribution is -0.114. The van der Waals surface area contributed by atoms with Crippen LogP contribution in [0.5, 0.6) is 11.5 Å². The van der Waals surface area contributed by atoms with Crippen LogP contribution >= 0.6 is 0 Å². The lowest BCUT2D eigenvalue weighted by Gasteiger charge is -2.27. The number of carbonyl (C=O) groups is 2. The molecular weight excluding hydrogens is 294 g/mol. The minimum Gasteiger partial charge on any atom is -0.504 e. The van der Waals surface area contributed by atoms with Gasteiger partial charge in [-0.3, -0.25) is 9.59 Å². The zero-order valence-corrected chi connectivity index (χ0v) is 12.6. The molecule has 0 aliphatic carbocycles. The molecule has 0 saturated carbocycles. The van der Waals surface area contributed by atoms with E-state index in [1.54, 1.807) is 7.05 Å². The molecule has 4 rings (SSSR count). The van der Waals surface area contributed by atoms with Gasteiger partial charge in [0.15, 0.2) is 11.5 Å². The van der Waals surface area contributed by atoms with Crippen molar-refractivity contribution < 1.29 is 19.4 Å². The van der Waals surface area contributed by atoms with Gasteiger partial charge in [0, 0.05) is 23.4 Å². The van der Waals surface area contributed by atoms with Crippen LogP contribution in [0.15, 0.2) is 36.4 Å². The van der Waals surface area contributed by atoms with Crippen molar-refractivity contribution in [3.63, 3.8) is 0 Å². The van der Waals surface area contributed by atoms with Crippen LogP contribution in [0.1, 0.15) is 10.4 Å². The van der Waals surface area contributed by atoms with E-state index in [1.807, 2.05) is 30.3 Å². The molecule has 0 aromatic heterocycles. The van der Waals surface area contributed by atoms with Crippen LogP contribution in [0.25, 0.3) is 21.5 Å². The van der Waals surface area contributed by atoms with Gasteiger partial charge in [-0.1, -0.05) is 24.3 Å². The van der Waals surface area contributed by atoms with E-state index in [0.717, 1.165) is 10.8 Å². The molecular formula is C18H13NO4. The molecule has 23 heavy (non-hydrogen) atoms. The number of hydrogen-bond donors (Lipinski definition) is 1. The van der Waals surface area contributed by atoms with Crippen molar-refractivity contribution in [3.8, 4) is 11.5 Å². The second-order valence-corrected chi connectivity index (χ2v) is 5.54. The van der Waals surface area contributed by atoms with E-state index in [4.69, 9.17) is 4.74 Å². The normalized spacial score (nSPS) is 13.9. The Morgan fingerprint density at radius 1 is 1.09 bits per heavy atom. The zero-order chi connectivity index (χ0) is 16.3. The Morgan fingerprint density at radius 2 is 1.83 bits per heavy atom. The van der Waals surface area contributed by atoms with Crippen molar-refractivity contribution in [3.05, 3.63) is 42.0 Å². The Morgan fingerprint density at radius 3 is 2.57 bits per heavy atom. The van der Waals surface area contributed by atoms with E-state index in [0.29, 0.717) is 22.2 Å². The van der Waals surface area contributed by atoms with Crippen molar-refractivity contribution in [2.24, 2.45) is 0 Å². The van der Waals surface area contributed by atoms with Gasteiger partial charge in [-0.25, -0.2) is 0 Å². The number of fused-ring (bicyclic) bond motifs is 2. The minimum absolute atomic E-state index is 0.150. The summed E-state index contributed by atoms with van der Waals surface area (Å²) < 4.78 is 5.38. The summed E-state index contributed by atoms with van der Waals surface area (Å²) in [6.07, 6.45) is 0. The quantitative estimate of drug-likeness (QED) is 0.554. The Balaban J connectivity index is 2.35. The van der Waals surface area contributed by atoms with Crippen LogP contribution in [0.4, 0.5) is 5.69 Å². The number of hydrogen-bond acceptors (Lipinski definition) is 4. The number of ketones is 1. The first-order valence-electron chi connectivity index (χ1n) is 7.12. The van der Waals surface area contributed by atoms with Gasteiger partial charge in [-0.15, -0.1) is 0 Å². The molecule has 0 unspecified atom stereocenters. The van der Waals surface area contributed by atoms with Crippen LogP contribution in [-0.2, 0) is 4.79 Å². The summed E-state index contributed by atoms with van der Waals surface area (Å²) in [6.45, 7) is 0. The molecule has 1 aliphatic rings. The van der Waals surface area contributed by atoms with Crippen LogP contribution in [0, 0.1) is 0 Å². The lowest BCUT2D eigenvalue weighted by atomic mass is 9.90. The number of benzene rings is 3. The van der Waals surface area contributed by atoms with Crippen LogP contribution < -0.4 is 9.64 Å². The van der Waals surface area contributed by atoms with Crippen molar-refractivity contribution in [1.29, 1.82) is 0 Å². The predicted molar refractivity (Wildman–Crippen MR) is 87.4 cm³/mol. The highest BCUT2D eigenvalue weighted by Crippen LogP contribution is 2.46. The maximum atomic E-state index is 12.4. The number of rotatable bonds is 1. The fourth-order valence-corrected chi connectivity index (χ4v) is 3.27. The SMILES string of the molecule is COc1c(O)cc2c3c(cc4ccccc4c13)N(C)C(=O)C2=O. The zero-order valence-electron chi connectivity index (χ0n) is 12.6. The van der Waals surface area contributed by atoms with Gasteiger partial charge in [0.25, 0.3) is 11.7 Å². The molecule has 3 aromatic rings. The van der Waals surface area contributed by atoms with Crippen molar-refractivity contribution in [2.75, 3.05) is 19.1 Å². The van der Waals surface area contributed by atoms with Crippen LogP contribution in [0.3, 0.4) is 0 Å². The fraction of sp³-hybridized carbons (Fsp3) is 0.111. The third-order valence-electron chi connectivity index (χ3n) is 4.35. The average Bonchev–Trinajstić information content (AvgIpc) is 2.57. The van der Waals surface area contributed by atoms with Gasteiger partial charge >= 0.3 is 0 Å². The van der Waals surface area contributed by atoms with Crippen LogP contribution in [0.2, 0.25) is 0 Å². The van der Waals surface area contributed by atoms with E-state index >= 15 is 0 Å². The third-order valence-corrected chi connectivity index (χ3v) is 4.35. The number of Topliss-reactive ketones (excluding diaryl/α,β-unsaturated/α-hetero) is 1. The van der Waals surface area contributed by atoms with Gasteiger partial charge in [0.05, 0.1) is 12.8 Å². The van der Waals surface area contributed by atoms with E-state index in [9.17, 15) is 14.7 Å². The standard InChI is InChI=1S/C18H13NO4/c1-19-12-7-9-5-3-4-6-10(9)15-14(12)11(16(21)18(19)22)8-13(20)17(15)23-2/h3-8,20H,1-2H3. The molecule has 5 nitrogen and oxygen atoms in total. The number of methoxy groups -OCH3 is 1. The number of phenols is 1. The van der Waals surface area contributed by atoms with E-state index in [2.05, 4.69) is 0 Å². The first kappa shape index (κ1) is 13.6. The maximum absolute atomic E-state index is 12.4. The van der Waals surface area contributed by atoms with E-state index in [-0.39, 0.29) is 11.3 Å². The number of anilines is 1. The molecule has 0 saturated heterocycles. The molecule has 1 amide bonds. The van der Waals surface area contributed by atoms with Crippen LogP contribution in [-0.4, -0.2) is 31.0 Å². The second kappa shape index (κ2) is 4.46. The minimum atomic E-state index is -0.627. The molecule has 0 radical (unpaired) electrons. The highest BCUT2D eigenvalue weighted by molar-refractivity contribution is 6.52. The number of carbonyl (C=O) groups excluding carboxylic acids is 2. The van der Waals surface area contributed by atoms with Gasteiger partial charge in [-0.05, 0) is 22.9 Å². The topological polar surface area (TPSA) is 66.8 Å². The van der Waals surface area contributed by atoms with Crippen molar-refractivity contribution in [2.45, 2.75) is 0 Å². The summed E-state index contributed by atoms with van der Waals surface area (Å²) in [5, 5.41) is 13.3. The summed E-state index contributed by atoms with van der Waals surface area (Å²) in [4.78, 5) is 25.9. The number of amides is 1. The second-order valence-electron chi connectivity index (χ2n) is 5.54.